The van der Waals surface area contributed by atoms with Crippen molar-refractivity contribution in [2.24, 2.45) is 0 Å². The van der Waals surface area contributed by atoms with Crippen LogP contribution < -0.4 is 0 Å². The van der Waals surface area contributed by atoms with Crippen LogP contribution in [0.1, 0.15) is 18.9 Å². The second kappa shape index (κ2) is 6.11. The van der Waals surface area contributed by atoms with Crippen LogP contribution in [0.15, 0.2) is 73.3 Å². The van der Waals surface area contributed by atoms with Crippen LogP contribution in [0.4, 0.5) is 0 Å². The van der Waals surface area contributed by atoms with E-state index in [1.54, 1.807) is 0 Å². The number of fused-ring (bicyclic) bond motifs is 3. The molecular weight excluding hydrogens is 272 g/mol. The van der Waals surface area contributed by atoms with Gasteiger partial charge in [0.1, 0.15) is 0 Å². The fourth-order valence-electron chi connectivity index (χ4n) is 2.50. The lowest BCUT2D eigenvalue weighted by molar-refractivity contribution is 1.22. The number of allylic oxidation sites excluding steroid dienone is 5. The zero-order valence-corrected chi connectivity index (χ0v) is 13.0. The third-order valence-corrected chi connectivity index (χ3v) is 4.71. The molecule has 3 aromatic rings. The molecule has 0 unspecified atom stereocenters. The number of thiophene rings is 1. The summed E-state index contributed by atoms with van der Waals surface area (Å²) in [6, 6.07) is 15.3. The summed E-state index contributed by atoms with van der Waals surface area (Å²) in [5.41, 5.74) is 2.39. The molecule has 104 valence electrons. The van der Waals surface area contributed by atoms with Gasteiger partial charge in [0.2, 0.25) is 0 Å². The normalized spacial score (nSPS) is 12.5. The summed E-state index contributed by atoms with van der Waals surface area (Å²) in [6.45, 7) is 6.08. The number of hydrogen-bond donors (Lipinski definition) is 0. The van der Waals surface area contributed by atoms with Crippen LogP contribution in [0.5, 0.6) is 0 Å². The highest BCUT2D eigenvalue weighted by molar-refractivity contribution is 7.25. The maximum absolute atomic E-state index is 3.94. The van der Waals surface area contributed by atoms with E-state index in [0.717, 1.165) is 6.42 Å². The average Bonchev–Trinajstić information content (AvgIpc) is 2.89. The third-order valence-electron chi connectivity index (χ3n) is 3.58. The molecule has 0 spiro atoms. The summed E-state index contributed by atoms with van der Waals surface area (Å²) in [6.07, 6.45) is 9.36. The molecule has 1 heterocycles. The molecule has 0 N–H and O–H groups in total. The summed E-state index contributed by atoms with van der Waals surface area (Å²) in [5.74, 6) is 0. The highest BCUT2D eigenvalue weighted by Crippen LogP contribution is 2.35. The fourth-order valence-corrected chi connectivity index (χ4v) is 3.64. The average molecular weight is 290 g/mol. The van der Waals surface area contributed by atoms with Crippen molar-refractivity contribution in [1.29, 1.82) is 0 Å². The Morgan fingerprint density at radius 3 is 2.71 bits per heavy atom. The van der Waals surface area contributed by atoms with E-state index < -0.39 is 0 Å². The fraction of sp³-hybridized carbons (Fsp3) is 0.100. The van der Waals surface area contributed by atoms with Crippen LogP contribution in [-0.2, 0) is 0 Å². The Bertz CT molecular complexity index is 847. The first-order chi connectivity index (χ1) is 10.3. The van der Waals surface area contributed by atoms with E-state index in [0.29, 0.717) is 0 Å². The predicted molar refractivity (Wildman–Crippen MR) is 96.9 cm³/mol. The van der Waals surface area contributed by atoms with E-state index in [-0.39, 0.29) is 0 Å². The van der Waals surface area contributed by atoms with E-state index in [9.17, 15) is 0 Å². The van der Waals surface area contributed by atoms with Gasteiger partial charge in [-0.05, 0) is 29.7 Å². The minimum absolute atomic E-state index is 1.05. The zero-order chi connectivity index (χ0) is 14.7. The highest BCUT2D eigenvalue weighted by Gasteiger charge is 2.06. The molecule has 1 aromatic heterocycles. The lowest BCUT2D eigenvalue weighted by Gasteiger charge is -2.02. The van der Waals surface area contributed by atoms with E-state index in [4.69, 9.17) is 0 Å². The molecule has 0 bridgehead atoms. The van der Waals surface area contributed by atoms with Gasteiger partial charge in [-0.3, -0.25) is 0 Å². The molecular formula is C20H18S. The van der Waals surface area contributed by atoms with Crippen molar-refractivity contribution < 1.29 is 0 Å². The van der Waals surface area contributed by atoms with E-state index >= 15 is 0 Å². The molecule has 2 aromatic carbocycles. The summed E-state index contributed by atoms with van der Waals surface area (Å²) in [4.78, 5) is 0. The molecule has 21 heavy (non-hydrogen) atoms. The molecule has 1 heteroatoms. The van der Waals surface area contributed by atoms with Gasteiger partial charge in [-0.15, -0.1) is 11.3 Å². The van der Waals surface area contributed by atoms with Gasteiger partial charge in [-0.25, -0.2) is 0 Å². The second-order valence-corrected chi connectivity index (χ2v) is 6.06. The molecule has 0 atom stereocenters. The molecule has 0 aliphatic heterocycles. The highest BCUT2D eigenvalue weighted by atomic mass is 32.1. The van der Waals surface area contributed by atoms with Crippen LogP contribution in [0.25, 0.3) is 25.7 Å². The standard InChI is InChI=1S/C20H18S/c1-3-5-6-9-15(4-2)16-12-13-18-17-10-7-8-11-19(17)21-20(18)14-16/h4-14H,2-3H2,1H3/b6-5-,15-9+. The lowest BCUT2D eigenvalue weighted by atomic mass is 10.0. The Morgan fingerprint density at radius 1 is 1.10 bits per heavy atom. The molecule has 0 radical (unpaired) electrons. The molecule has 0 saturated heterocycles. The molecule has 0 saturated carbocycles. The number of hydrogen-bond acceptors (Lipinski definition) is 1. The van der Waals surface area contributed by atoms with Gasteiger partial charge in [0, 0.05) is 20.2 Å². The van der Waals surface area contributed by atoms with Gasteiger partial charge in [0.05, 0.1) is 0 Å². The van der Waals surface area contributed by atoms with Crippen molar-refractivity contribution in [2.75, 3.05) is 0 Å². The lowest BCUT2D eigenvalue weighted by Crippen LogP contribution is -1.79. The molecule has 0 aliphatic rings. The van der Waals surface area contributed by atoms with Gasteiger partial charge >= 0.3 is 0 Å². The van der Waals surface area contributed by atoms with Crippen LogP contribution >= 0.6 is 11.3 Å². The Balaban J connectivity index is 2.12. The van der Waals surface area contributed by atoms with Crippen molar-refractivity contribution in [3.63, 3.8) is 0 Å². The first-order valence-electron chi connectivity index (χ1n) is 7.24. The van der Waals surface area contributed by atoms with Crippen LogP contribution in [0.2, 0.25) is 0 Å². The van der Waals surface area contributed by atoms with Gasteiger partial charge in [0.25, 0.3) is 0 Å². The maximum atomic E-state index is 3.94. The molecule has 0 fully saturated rings. The summed E-state index contributed by atoms with van der Waals surface area (Å²) in [5, 5.41) is 2.69. The smallest absolute Gasteiger partial charge is 0.0361 e. The van der Waals surface area contributed by atoms with E-state index in [2.05, 4.69) is 74.2 Å². The van der Waals surface area contributed by atoms with E-state index in [1.165, 1.54) is 31.3 Å². The Kier molecular flexibility index (Phi) is 4.03. The number of benzene rings is 2. The topological polar surface area (TPSA) is 0 Å². The predicted octanol–water partition coefficient (Wildman–Crippen LogP) is 6.59. The zero-order valence-electron chi connectivity index (χ0n) is 12.2. The Morgan fingerprint density at radius 2 is 1.90 bits per heavy atom. The van der Waals surface area contributed by atoms with Gasteiger partial charge in [0.15, 0.2) is 0 Å². The summed E-state index contributed by atoms with van der Waals surface area (Å²) < 4.78 is 2.68. The van der Waals surface area contributed by atoms with Crippen molar-refractivity contribution in [2.45, 2.75) is 13.3 Å². The largest absolute Gasteiger partial charge is 0.135 e. The van der Waals surface area contributed by atoms with Crippen molar-refractivity contribution in [3.8, 4) is 0 Å². The minimum atomic E-state index is 1.05. The summed E-state index contributed by atoms with van der Waals surface area (Å²) in [7, 11) is 0. The van der Waals surface area contributed by atoms with Crippen LogP contribution in [0.3, 0.4) is 0 Å². The quantitative estimate of drug-likeness (QED) is 0.475. The van der Waals surface area contributed by atoms with Crippen molar-refractivity contribution >= 4 is 37.1 Å². The van der Waals surface area contributed by atoms with E-state index in [1.807, 2.05) is 17.4 Å². The van der Waals surface area contributed by atoms with Gasteiger partial charge in [-0.1, -0.05) is 68.1 Å². The molecule has 0 amide bonds. The van der Waals surface area contributed by atoms with Crippen molar-refractivity contribution in [1.82, 2.24) is 0 Å². The van der Waals surface area contributed by atoms with Crippen LogP contribution in [-0.4, -0.2) is 0 Å². The SMILES string of the molecule is C=C/C(=C\C=C/CC)c1ccc2c(c1)sc1ccccc12. The minimum Gasteiger partial charge on any atom is -0.135 e. The monoisotopic (exact) mass is 290 g/mol. The number of rotatable bonds is 4. The Hall–Kier alpha value is -2.12. The summed E-state index contributed by atoms with van der Waals surface area (Å²) >= 11 is 1.85. The second-order valence-electron chi connectivity index (χ2n) is 4.97. The molecule has 0 aliphatic carbocycles. The molecule has 3 rings (SSSR count). The first-order valence-corrected chi connectivity index (χ1v) is 8.06. The van der Waals surface area contributed by atoms with Gasteiger partial charge in [-0.2, -0.15) is 0 Å². The Labute approximate surface area is 129 Å². The molecule has 0 nitrogen and oxygen atoms in total. The third kappa shape index (κ3) is 2.70. The van der Waals surface area contributed by atoms with Gasteiger partial charge < -0.3 is 0 Å². The first kappa shape index (κ1) is 13.8. The van der Waals surface area contributed by atoms with Crippen molar-refractivity contribution in [3.05, 3.63) is 78.9 Å². The van der Waals surface area contributed by atoms with Crippen LogP contribution in [0, 0.1) is 0 Å². The maximum Gasteiger partial charge on any atom is 0.0361 e.